The van der Waals surface area contributed by atoms with Gasteiger partial charge in [-0.2, -0.15) is 0 Å². The lowest BCUT2D eigenvalue weighted by molar-refractivity contribution is 0.0538. The molecule has 1 aromatic carbocycles. The van der Waals surface area contributed by atoms with Gasteiger partial charge >= 0.3 is 0 Å². The highest BCUT2D eigenvalue weighted by Gasteiger charge is 2.10. The van der Waals surface area contributed by atoms with Crippen LogP contribution in [0.2, 0.25) is 0 Å². The molecule has 0 saturated carbocycles. The highest BCUT2D eigenvalue weighted by Crippen LogP contribution is 2.30. The number of methoxy groups -OCH3 is 2. The number of hydrogen-bond acceptors (Lipinski definition) is 5. The van der Waals surface area contributed by atoms with Gasteiger partial charge in [0.1, 0.15) is 6.61 Å². The summed E-state index contributed by atoms with van der Waals surface area (Å²) >= 11 is 0. The van der Waals surface area contributed by atoms with Gasteiger partial charge in [0.25, 0.3) is 0 Å². The van der Waals surface area contributed by atoms with E-state index in [1.807, 2.05) is 18.2 Å². The van der Waals surface area contributed by atoms with E-state index in [9.17, 15) is 0 Å². The third-order valence-corrected chi connectivity index (χ3v) is 2.93. The van der Waals surface area contributed by atoms with Crippen molar-refractivity contribution in [2.24, 2.45) is 0 Å². The van der Waals surface area contributed by atoms with Crippen LogP contribution in [-0.4, -0.2) is 47.2 Å². The van der Waals surface area contributed by atoms with Crippen molar-refractivity contribution in [2.45, 2.75) is 19.9 Å². The van der Waals surface area contributed by atoms with Crippen LogP contribution in [0.25, 0.3) is 0 Å². The molecule has 0 amide bonds. The van der Waals surface area contributed by atoms with E-state index in [4.69, 9.17) is 18.9 Å². The van der Waals surface area contributed by atoms with Gasteiger partial charge in [-0.1, -0.05) is 19.1 Å². The molecule has 120 valence electrons. The van der Waals surface area contributed by atoms with Crippen LogP contribution in [0.3, 0.4) is 0 Å². The maximum Gasteiger partial charge on any atom is 0.165 e. The average Bonchev–Trinajstić information content (AvgIpc) is 2.51. The van der Waals surface area contributed by atoms with Gasteiger partial charge in [-0.15, -0.1) is 0 Å². The Hall–Kier alpha value is -1.30. The zero-order valence-electron chi connectivity index (χ0n) is 13.3. The molecule has 0 aliphatic carbocycles. The Morgan fingerprint density at radius 1 is 1.05 bits per heavy atom. The van der Waals surface area contributed by atoms with E-state index in [0.29, 0.717) is 26.4 Å². The van der Waals surface area contributed by atoms with E-state index in [1.54, 1.807) is 14.2 Å². The van der Waals surface area contributed by atoms with Crippen molar-refractivity contribution in [2.75, 3.05) is 47.2 Å². The van der Waals surface area contributed by atoms with Gasteiger partial charge in [-0.25, -0.2) is 0 Å². The summed E-state index contributed by atoms with van der Waals surface area (Å²) in [5.74, 6) is 1.54. The minimum absolute atomic E-state index is 0.491. The second-order valence-corrected chi connectivity index (χ2v) is 4.58. The van der Waals surface area contributed by atoms with Gasteiger partial charge in [0.2, 0.25) is 0 Å². The molecule has 1 aromatic rings. The molecular formula is C16H27NO4. The Labute approximate surface area is 127 Å². The summed E-state index contributed by atoms with van der Waals surface area (Å²) in [7, 11) is 3.31. The Balaban J connectivity index is 2.51. The fourth-order valence-electron chi connectivity index (χ4n) is 1.87. The van der Waals surface area contributed by atoms with E-state index in [0.717, 1.165) is 36.6 Å². The molecule has 0 aromatic heterocycles. The quantitative estimate of drug-likeness (QED) is 0.600. The fraction of sp³-hybridized carbons (Fsp3) is 0.625. The van der Waals surface area contributed by atoms with Gasteiger partial charge in [-0.3, -0.25) is 0 Å². The van der Waals surface area contributed by atoms with Crippen molar-refractivity contribution in [3.05, 3.63) is 23.8 Å². The first kappa shape index (κ1) is 17.8. The van der Waals surface area contributed by atoms with Gasteiger partial charge < -0.3 is 24.3 Å². The number of benzene rings is 1. The summed E-state index contributed by atoms with van der Waals surface area (Å²) in [6.45, 7) is 6.10. The Kier molecular flexibility index (Phi) is 9.61. The van der Waals surface area contributed by atoms with Crippen LogP contribution in [0.1, 0.15) is 18.9 Å². The largest absolute Gasteiger partial charge is 0.493 e. The van der Waals surface area contributed by atoms with E-state index < -0.39 is 0 Å². The first-order valence-electron chi connectivity index (χ1n) is 7.39. The average molecular weight is 297 g/mol. The van der Waals surface area contributed by atoms with Crippen LogP contribution in [0.15, 0.2) is 18.2 Å². The predicted octanol–water partition coefficient (Wildman–Crippen LogP) is 2.24. The first-order chi connectivity index (χ1) is 10.3. The highest BCUT2D eigenvalue weighted by atomic mass is 16.5. The summed E-state index contributed by atoms with van der Waals surface area (Å²) in [5, 5.41) is 3.38. The van der Waals surface area contributed by atoms with E-state index in [2.05, 4.69) is 12.2 Å². The van der Waals surface area contributed by atoms with Crippen LogP contribution in [-0.2, 0) is 16.0 Å². The second-order valence-electron chi connectivity index (χ2n) is 4.58. The zero-order chi connectivity index (χ0) is 15.3. The van der Waals surface area contributed by atoms with Crippen molar-refractivity contribution < 1.29 is 18.9 Å². The molecule has 0 atom stereocenters. The second kappa shape index (κ2) is 11.4. The maximum atomic E-state index is 5.84. The fourth-order valence-corrected chi connectivity index (χ4v) is 1.87. The number of hydrogen-bond donors (Lipinski definition) is 1. The molecule has 0 aliphatic heterocycles. The highest BCUT2D eigenvalue weighted by molar-refractivity contribution is 5.46. The topological polar surface area (TPSA) is 49.0 Å². The molecule has 0 fully saturated rings. The molecule has 0 radical (unpaired) electrons. The van der Waals surface area contributed by atoms with Gasteiger partial charge in [-0.05, 0) is 19.0 Å². The summed E-state index contributed by atoms with van der Waals surface area (Å²) in [6.07, 6.45) is 1.10. The minimum Gasteiger partial charge on any atom is -0.493 e. The minimum atomic E-state index is 0.491. The summed E-state index contributed by atoms with van der Waals surface area (Å²) in [4.78, 5) is 0. The van der Waals surface area contributed by atoms with Gasteiger partial charge in [0.15, 0.2) is 11.5 Å². The van der Waals surface area contributed by atoms with Crippen LogP contribution >= 0.6 is 0 Å². The molecule has 0 saturated heterocycles. The lowest BCUT2D eigenvalue weighted by Crippen LogP contribution is -2.16. The van der Waals surface area contributed by atoms with Crippen LogP contribution in [0.5, 0.6) is 11.5 Å². The van der Waals surface area contributed by atoms with E-state index in [1.165, 1.54) is 0 Å². The van der Waals surface area contributed by atoms with Crippen molar-refractivity contribution in [3.63, 3.8) is 0 Å². The molecule has 1 rings (SSSR count). The van der Waals surface area contributed by atoms with Crippen LogP contribution in [0, 0.1) is 0 Å². The van der Waals surface area contributed by atoms with E-state index in [-0.39, 0.29) is 0 Å². The number of rotatable bonds is 12. The number of ether oxygens (including phenoxy) is 4. The zero-order valence-corrected chi connectivity index (χ0v) is 13.3. The van der Waals surface area contributed by atoms with Crippen molar-refractivity contribution in [3.8, 4) is 11.5 Å². The summed E-state index contributed by atoms with van der Waals surface area (Å²) in [6, 6.07) is 5.93. The predicted molar refractivity (Wildman–Crippen MR) is 83.2 cm³/mol. The maximum absolute atomic E-state index is 5.84. The lowest BCUT2D eigenvalue weighted by Gasteiger charge is -2.15. The Morgan fingerprint density at radius 2 is 1.86 bits per heavy atom. The van der Waals surface area contributed by atoms with Crippen molar-refractivity contribution >= 4 is 0 Å². The molecule has 0 spiro atoms. The molecule has 0 aliphatic rings. The third kappa shape index (κ3) is 6.80. The Morgan fingerprint density at radius 3 is 2.57 bits per heavy atom. The first-order valence-corrected chi connectivity index (χ1v) is 7.39. The SMILES string of the molecule is CCCNCc1cccc(OC)c1OCCOCCOC. The van der Waals surface area contributed by atoms with E-state index >= 15 is 0 Å². The monoisotopic (exact) mass is 297 g/mol. The Bertz CT molecular complexity index is 385. The van der Waals surface area contributed by atoms with Crippen molar-refractivity contribution in [1.82, 2.24) is 5.32 Å². The van der Waals surface area contributed by atoms with Gasteiger partial charge in [0, 0.05) is 19.2 Å². The van der Waals surface area contributed by atoms with Crippen LogP contribution < -0.4 is 14.8 Å². The molecule has 21 heavy (non-hydrogen) atoms. The molecule has 5 heteroatoms. The third-order valence-electron chi connectivity index (χ3n) is 2.93. The smallest absolute Gasteiger partial charge is 0.165 e. The molecule has 1 N–H and O–H groups in total. The number of nitrogens with one attached hydrogen (secondary N) is 1. The molecule has 0 bridgehead atoms. The number of para-hydroxylation sites is 1. The standard InChI is InChI=1S/C16H27NO4/c1-4-8-17-13-14-6-5-7-15(19-3)16(14)21-12-11-20-10-9-18-2/h5-7,17H,4,8-13H2,1-3H3. The lowest BCUT2D eigenvalue weighted by atomic mass is 10.2. The summed E-state index contributed by atoms with van der Waals surface area (Å²) < 4.78 is 21.5. The normalized spacial score (nSPS) is 10.6. The molecule has 0 unspecified atom stereocenters. The molecule has 0 heterocycles. The van der Waals surface area contributed by atoms with Gasteiger partial charge in [0.05, 0.1) is 26.9 Å². The van der Waals surface area contributed by atoms with Crippen LogP contribution in [0.4, 0.5) is 0 Å². The van der Waals surface area contributed by atoms with Crippen molar-refractivity contribution in [1.29, 1.82) is 0 Å². The molecular weight excluding hydrogens is 270 g/mol. The summed E-state index contributed by atoms with van der Waals surface area (Å²) in [5.41, 5.74) is 1.10. The molecule has 5 nitrogen and oxygen atoms in total.